The maximum atomic E-state index is 5.98. The third-order valence-corrected chi connectivity index (χ3v) is 2.37. The van der Waals surface area contributed by atoms with Gasteiger partial charge in [-0.2, -0.15) is 4.98 Å². The van der Waals surface area contributed by atoms with Crippen LogP contribution < -0.4 is 5.73 Å². The van der Waals surface area contributed by atoms with Crippen LogP contribution in [0.15, 0.2) is 4.52 Å². The predicted molar refractivity (Wildman–Crippen MR) is 57.7 cm³/mol. The van der Waals surface area contributed by atoms with Crippen LogP contribution in [0.2, 0.25) is 0 Å². The zero-order valence-corrected chi connectivity index (χ0v) is 10.0. The topological polar surface area (TPSA) is 83.4 Å². The highest BCUT2D eigenvalue weighted by atomic mass is 16.5. The van der Waals surface area contributed by atoms with E-state index in [0.29, 0.717) is 24.9 Å². The van der Waals surface area contributed by atoms with Crippen LogP contribution in [0.25, 0.3) is 0 Å². The molecule has 1 unspecified atom stereocenters. The predicted octanol–water partition coefficient (Wildman–Crippen LogP) is 0.816. The Labute approximate surface area is 95.1 Å². The molecule has 0 aliphatic carbocycles. The Morgan fingerprint density at radius 2 is 2.19 bits per heavy atom. The third kappa shape index (κ3) is 3.55. The van der Waals surface area contributed by atoms with Gasteiger partial charge in [-0.25, -0.2) is 0 Å². The fraction of sp³-hybridized carbons (Fsp3) is 0.800. The van der Waals surface area contributed by atoms with Crippen molar-refractivity contribution in [2.45, 2.75) is 32.4 Å². The Bertz CT molecular complexity index is 312. The van der Waals surface area contributed by atoms with E-state index in [0.717, 1.165) is 6.42 Å². The third-order valence-electron chi connectivity index (χ3n) is 2.37. The molecule has 1 rings (SSSR count). The van der Waals surface area contributed by atoms with Gasteiger partial charge in [-0.1, -0.05) is 12.1 Å². The molecule has 1 aromatic heterocycles. The number of nitrogens with two attached hydrogens (primary N) is 1. The molecule has 0 fully saturated rings. The first-order valence-corrected chi connectivity index (χ1v) is 5.28. The van der Waals surface area contributed by atoms with E-state index in [1.165, 1.54) is 0 Å². The lowest BCUT2D eigenvalue weighted by atomic mass is 10.0. The second-order valence-corrected chi connectivity index (χ2v) is 3.83. The highest BCUT2D eigenvalue weighted by molar-refractivity contribution is 5.00. The van der Waals surface area contributed by atoms with E-state index in [9.17, 15) is 0 Å². The van der Waals surface area contributed by atoms with Crippen LogP contribution in [0.1, 0.15) is 32.0 Å². The smallest absolute Gasteiger partial charge is 0.252 e. The van der Waals surface area contributed by atoms with Gasteiger partial charge >= 0.3 is 0 Å². The molecular weight excluding hydrogens is 210 g/mol. The Kier molecular flexibility index (Phi) is 4.85. The van der Waals surface area contributed by atoms with Gasteiger partial charge in [0.25, 0.3) is 5.89 Å². The molecule has 0 aromatic carbocycles. The molecule has 92 valence electrons. The number of ether oxygens (including phenoxy) is 2. The first kappa shape index (κ1) is 13.1. The van der Waals surface area contributed by atoms with Crippen LogP contribution in [0.3, 0.4) is 0 Å². The van der Waals surface area contributed by atoms with Crippen LogP contribution in [-0.2, 0) is 21.6 Å². The summed E-state index contributed by atoms with van der Waals surface area (Å²) in [6.45, 7) is 5.18. The number of aromatic nitrogens is 2. The second-order valence-electron chi connectivity index (χ2n) is 3.83. The summed E-state index contributed by atoms with van der Waals surface area (Å²) in [5.74, 6) is 0.955. The van der Waals surface area contributed by atoms with E-state index in [1.807, 2.05) is 13.8 Å². The average Bonchev–Trinajstić information content (AvgIpc) is 2.74. The van der Waals surface area contributed by atoms with Crippen molar-refractivity contribution >= 4 is 0 Å². The monoisotopic (exact) mass is 229 g/mol. The summed E-state index contributed by atoms with van der Waals surface area (Å²) >= 11 is 0. The zero-order valence-electron chi connectivity index (χ0n) is 10.0. The lowest BCUT2D eigenvalue weighted by molar-refractivity contribution is 0.0494. The first-order valence-electron chi connectivity index (χ1n) is 5.28. The minimum atomic E-state index is -0.547. The summed E-state index contributed by atoms with van der Waals surface area (Å²) in [4.78, 5) is 4.18. The van der Waals surface area contributed by atoms with E-state index >= 15 is 0 Å². The van der Waals surface area contributed by atoms with Crippen molar-refractivity contribution in [3.05, 3.63) is 11.7 Å². The maximum absolute atomic E-state index is 5.98. The Balaban J connectivity index is 2.45. The van der Waals surface area contributed by atoms with Crippen molar-refractivity contribution in [3.63, 3.8) is 0 Å². The molecule has 6 heteroatoms. The fourth-order valence-corrected chi connectivity index (χ4v) is 1.01. The highest BCUT2D eigenvalue weighted by Gasteiger charge is 2.25. The van der Waals surface area contributed by atoms with Gasteiger partial charge in [-0.15, -0.1) is 0 Å². The molecule has 0 saturated carbocycles. The number of hydrogen-bond donors (Lipinski definition) is 1. The number of hydrogen-bond acceptors (Lipinski definition) is 6. The molecule has 1 atom stereocenters. The summed E-state index contributed by atoms with van der Waals surface area (Å²) in [6, 6.07) is 0. The number of nitrogens with zero attached hydrogens (tertiary/aromatic N) is 2. The summed E-state index contributed by atoms with van der Waals surface area (Å²) in [6.07, 6.45) is 0.747. The van der Waals surface area contributed by atoms with Crippen LogP contribution >= 0.6 is 0 Å². The van der Waals surface area contributed by atoms with Crippen LogP contribution in [0.4, 0.5) is 0 Å². The molecule has 0 amide bonds. The van der Waals surface area contributed by atoms with Crippen molar-refractivity contribution in [1.29, 1.82) is 0 Å². The molecule has 0 saturated heterocycles. The molecular formula is C10H19N3O3. The van der Waals surface area contributed by atoms with Crippen molar-refractivity contribution in [2.75, 3.05) is 20.3 Å². The minimum Gasteiger partial charge on any atom is -0.382 e. The lowest BCUT2D eigenvalue weighted by Gasteiger charge is -2.16. The van der Waals surface area contributed by atoms with Crippen LogP contribution in [0, 0.1) is 0 Å². The molecule has 1 heterocycles. The fourth-order valence-electron chi connectivity index (χ4n) is 1.01. The van der Waals surface area contributed by atoms with E-state index in [2.05, 4.69) is 10.1 Å². The molecule has 16 heavy (non-hydrogen) atoms. The van der Waals surface area contributed by atoms with Gasteiger partial charge in [0.15, 0.2) is 5.82 Å². The molecule has 1 aromatic rings. The van der Waals surface area contributed by atoms with Crippen molar-refractivity contribution in [2.24, 2.45) is 5.73 Å². The van der Waals surface area contributed by atoms with Crippen molar-refractivity contribution in [1.82, 2.24) is 10.1 Å². The first-order chi connectivity index (χ1) is 7.60. The summed E-state index contributed by atoms with van der Waals surface area (Å²) in [5, 5.41) is 3.84. The molecule has 0 aliphatic rings. The summed E-state index contributed by atoms with van der Waals surface area (Å²) in [7, 11) is 1.62. The van der Waals surface area contributed by atoms with Gasteiger partial charge in [0.05, 0.1) is 18.8 Å². The van der Waals surface area contributed by atoms with Crippen molar-refractivity contribution < 1.29 is 14.0 Å². The lowest BCUT2D eigenvalue weighted by Crippen LogP contribution is -2.33. The van der Waals surface area contributed by atoms with Gasteiger partial charge in [-0.05, 0) is 13.3 Å². The Morgan fingerprint density at radius 3 is 2.81 bits per heavy atom. The number of methoxy groups -OCH3 is 1. The SMILES string of the molecule is CCC(C)(N)c1noc(COCCOC)n1. The zero-order chi connectivity index (χ0) is 12.0. The Hall–Kier alpha value is -0.980. The quantitative estimate of drug-likeness (QED) is 0.697. The van der Waals surface area contributed by atoms with Gasteiger partial charge in [0, 0.05) is 7.11 Å². The largest absolute Gasteiger partial charge is 0.382 e. The highest BCUT2D eigenvalue weighted by Crippen LogP contribution is 2.17. The van der Waals surface area contributed by atoms with E-state index < -0.39 is 5.54 Å². The molecule has 0 aliphatic heterocycles. The standard InChI is InChI=1S/C10H19N3O3/c1-4-10(2,11)9-12-8(16-13-9)7-15-6-5-14-3/h4-7,11H2,1-3H3. The maximum Gasteiger partial charge on any atom is 0.252 e. The van der Waals surface area contributed by atoms with Crippen LogP contribution in [0.5, 0.6) is 0 Å². The van der Waals surface area contributed by atoms with E-state index in [1.54, 1.807) is 7.11 Å². The van der Waals surface area contributed by atoms with Crippen molar-refractivity contribution in [3.8, 4) is 0 Å². The molecule has 0 spiro atoms. The van der Waals surface area contributed by atoms with Crippen LogP contribution in [-0.4, -0.2) is 30.5 Å². The van der Waals surface area contributed by atoms with E-state index in [4.69, 9.17) is 19.7 Å². The molecule has 0 radical (unpaired) electrons. The number of rotatable bonds is 7. The van der Waals surface area contributed by atoms with Gasteiger partial charge < -0.3 is 19.7 Å². The van der Waals surface area contributed by atoms with Gasteiger partial charge in [0.1, 0.15) is 6.61 Å². The molecule has 2 N–H and O–H groups in total. The second kappa shape index (κ2) is 5.93. The average molecular weight is 229 g/mol. The Morgan fingerprint density at radius 1 is 1.44 bits per heavy atom. The van der Waals surface area contributed by atoms with Gasteiger partial charge in [-0.3, -0.25) is 0 Å². The molecule has 0 bridgehead atoms. The minimum absolute atomic E-state index is 0.288. The summed E-state index contributed by atoms with van der Waals surface area (Å²) in [5.41, 5.74) is 5.43. The van der Waals surface area contributed by atoms with E-state index in [-0.39, 0.29) is 6.61 Å². The normalized spacial score (nSPS) is 15.0. The van der Waals surface area contributed by atoms with Gasteiger partial charge in [0.2, 0.25) is 0 Å². The molecule has 6 nitrogen and oxygen atoms in total. The summed E-state index contributed by atoms with van der Waals surface area (Å²) < 4.78 is 15.1.